The summed E-state index contributed by atoms with van der Waals surface area (Å²) in [6.07, 6.45) is 6.52. The summed E-state index contributed by atoms with van der Waals surface area (Å²) in [5.74, 6) is 3.68. The minimum Gasteiger partial charge on any atom is -0.372 e. The minimum absolute atomic E-state index is 0. The van der Waals surface area contributed by atoms with Gasteiger partial charge in [-0.15, -0.1) is 34.2 Å². The molecule has 2 aromatic rings. The van der Waals surface area contributed by atoms with Crippen LogP contribution in [0.1, 0.15) is 50.1 Å². The Morgan fingerprint density at radius 1 is 1.28 bits per heavy atom. The van der Waals surface area contributed by atoms with Gasteiger partial charge in [0.2, 0.25) is 0 Å². The Morgan fingerprint density at radius 3 is 3.00 bits per heavy atom. The number of likely N-dealkylation sites (tertiary alicyclic amines) is 1. The Labute approximate surface area is 165 Å². The first-order chi connectivity index (χ1) is 11.7. The van der Waals surface area contributed by atoms with Crippen molar-refractivity contribution in [3.05, 3.63) is 29.9 Å². The Hall–Kier alpha value is -1.00. The molecule has 1 fully saturated rings. The van der Waals surface area contributed by atoms with Crippen LogP contribution in [0, 0.1) is 0 Å². The molecule has 1 saturated heterocycles. The van der Waals surface area contributed by atoms with Crippen LogP contribution in [-0.2, 0) is 31.0 Å². The van der Waals surface area contributed by atoms with Gasteiger partial charge in [0.25, 0.3) is 0 Å². The highest BCUT2D eigenvalue weighted by Gasteiger charge is 2.28. The topological polar surface area (TPSA) is 61.0 Å². The van der Waals surface area contributed by atoms with Crippen molar-refractivity contribution in [2.24, 2.45) is 0 Å². The predicted octanol–water partition coefficient (Wildman–Crippen LogP) is 2.41. The van der Waals surface area contributed by atoms with Gasteiger partial charge in [-0.05, 0) is 19.4 Å². The van der Waals surface area contributed by atoms with Crippen molar-refractivity contribution >= 4 is 24.0 Å². The van der Waals surface area contributed by atoms with Gasteiger partial charge in [0.05, 0.1) is 13.2 Å². The fraction of sp³-hybridized carbons (Fsp3) is 0.706. The van der Waals surface area contributed by atoms with Gasteiger partial charge >= 0.3 is 0 Å². The average Bonchev–Trinajstić information content (AvgIpc) is 3.29. The monoisotopic (exact) mass is 458 g/mol. The standard InChI is InChI=1S/C17H26N6O.HI/c1-13(2)17-18-5-7-22(17)10-14-4-3-6-21(14)11-15-19-20-16-12-24-9-8-23(15)16;/h5,7,13-14H,3-4,6,8-12H2,1-2H3;1H. The summed E-state index contributed by atoms with van der Waals surface area (Å²) in [5, 5.41) is 8.69. The molecule has 25 heavy (non-hydrogen) atoms. The van der Waals surface area contributed by atoms with E-state index in [2.05, 4.69) is 49.3 Å². The third kappa shape index (κ3) is 3.90. The van der Waals surface area contributed by atoms with Crippen LogP contribution >= 0.6 is 24.0 Å². The molecule has 0 aliphatic carbocycles. The maximum atomic E-state index is 5.46. The van der Waals surface area contributed by atoms with Crippen molar-refractivity contribution in [1.29, 1.82) is 0 Å². The summed E-state index contributed by atoms with van der Waals surface area (Å²) < 4.78 is 10.0. The van der Waals surface area contributed by atoms with Crippen LogP contribution < -0.4 is 0 Å². The van der Waals surface area contributed by atoms with Crippen LogP contribution in [0.3, 0.4) is 0 Å². The molecule has 0 radical (unpaired) electrons. The molecule has 4 heterocycles. The highest BCUT2D eigenvalue weighted by Crippen LogP contribution is 2.23. The van der Waals surface area contributed by atoms with Gasteiger partial charge in [-0.2, -0.15) is 0 Å². The zero-order chi connectivity index (χ0) is 16.5. The molecule has 0 amide bonds. The molecule has 0 N–H and O–H groups in total. The highest BCUT2D eigenvalue weighted by atomic mass is 127. The fourth-order valence-electron chi connectivity index (χ4n) is 3.87. The van der Waals surface area contributed by atoms with Gasteiger partial charge in [0.15, 0.2) is 5.82 Å². The minimum atomic E-state index is 0. The third-order valence-corrected chi connectivity index (χ3v) is 5.11. The van der Waals surface area contributed by atoms with Crippen molar-refractivity contribution < 1.29 is 4.74 Å². The number of fused-ring (bicyclic) bond motifs is 1. The number of rotatable bonds is 5. The number of imidazole rings is 1. The van der Waals surface area contributed by atoms with Crippen molar-refractivity contribution in [1.82, 2.24) is 29.2 Å². The van der Waals surface area contributed by atoms with Crippen LogP contribution in [-0.4, -0.2) is 48.4 Å². The van der Waals surface area contributed by atoms with Crippen molar-refractivity contribution in [3.8, 4) is 0 Å². The number of hydrogen-bond donors (Lipinski definition) is 0. The van der Waals surface area contributed by atoms with Gasteiger partial charge in [-0.25, -0.2) is 4.98 Å². The Morgan fingerprint density at radius 2 is 2.16 bits per heavy atom. The van der Waals surface area contributed by atoms with E-state index in [1.807, 2.05) is 6.20 Å². The predicted molar refractivity (Wildman–Crippen MR) is 105 cm³/mol. The van der Waals surface area contributed by atoms with Crippen molar-refractivity contribution in [3.63, 3.8) is 0 Å². The van der Waals surface area contributed by atoms with E-state index in [1.54, 1.807) is 0 Å². The Bertz CT molecular complexity index is 697. The molecule has 1 atom stereocenters. The maximum Gasteiger partial charge on any atom is 0.159 e. The molecule has 138 valence electrons. The first-order valence-electron chi connectivity index (χ1n) is 8.96. The van der Waals surface area contributed by atoms with Crippen molar-refractivity contribution in [2.75, 3.05) is 13.2 Å². The second-order valence-electron chi connectivity index (χ2n) is 7.10. The molecular weight excluding hydrogens is 431 g/mol. The number of ether oxygens (including phenoxy) is 1. The van der Waals surface area contributed by atoms with E-state index < -0.39 is 0 Å². The van der Waals surface area contributed by atoms with E-state index in [9.17, 15) is 0 Å². The molecule has 8 heteroatoms. The molecular formula is C17H27IN6O. The fourth-order valence-corrected chi connectivity index (χ4v) is 3.87. The molecule has 7 nitrogen and oxygen atoms in total. The Kier molecular flexibility index (Phi) is 6.11. The lowest BCUT2D eigenvalue weighted by atomic mass is 10.2. The second-order valence-corrected chi connectivity index (χ2v) is 7.10. The number of aromatic nitrogens is 5. The Balaban J connectivity index is 0.00000182. The van der Waals surface area contributed by atoms with Crippen LogP contribution in [0.4, 0.5) is 0 Å². The summed E-state index contributed by atoms with van der Waals surface area (Å²) >= 11 is 0. The lowest BCUT2D eigenvalue weighted by Crippen LogP contribution is -2.34. The lowest BCUT2D eigenvalue weighted by molar-refractivity contribution is 0.0793. The van der Waals surface area contributed by atoms with Crippen LogP contribution in [0.2, 0.25) is 0 Å². The van der Waals surface area contributed by atoms with Gasteiger partial charge in [0, 0.05) is 37.4 Å². The van der Waals surface area contributed by atoms with E-state index in [0.717, 1.165) is 44.4 Å². The summed E-state index contributed by atoms with van der Waals surface area (Å²) in [4.78, 5) is 7.07. The van der Waals surface area contributed by atoms with Crippen molar-refractivity contribution in [2.45, 2.75) is 64.9 Å². The number of halogens is 1. The largest absolute Gasteiger partial charge is 0.372 e. The van der Waals surface area contributed by atoms with E-state index >= 15 is 0 Å². The quantitative estimate of drug-likeness (QED) is 0.645. The molecule has 0 spiro atoms. The number of hydrogen-bond acceptors (Lipinski definition) is 5. The third-order valence-electron chi connectivity index (χ3n) is 5.11. The van der Waals surface area contributed by atoms with Gasteiger partial charge in [-0.3, -0.25) is 4.90 Å². The molecule has 2 aromatic heterocycles. The van der Waals surface area contributed by atoms with Crippen LogP contribution in [0.15, 0.2) is 12.4 Å². The van der Waals surface area contributed by atoms with E-state index in [1.165, 1.54) is 18.7 Å². The molecule has 2 aliphatic rings. The van der Waals surface area contributed by atoms with E-state index in [4.69, 9.17) is 4.74 Å². The summed E-state index contributed by atoms with van der Waals surface area (Å²) in [6.45, 7) is 9.65. The lowest BCUT2D eigenvalue weighted by Gasteiger charge is -2.26. The molecule has 0 saturated carbocycles. The summed E-state index contributed by atoms with van der Waals surface area (Å²) in [6, 6.07) is 0.546. The van der Waals surface area contributed by atoms with Crippen LogP contribution in [0.25, 0.3) is 0 Å². The zero-order valence-electron chi connectivity index (χ0n) is 15.0. The smallest absolute Gasteiger partial charge is 0.159 e. The molecule has 4 rings (SSSR count). The SMILES string of the molecule is CC(C)c1nccn1CC1CCCN1Cc1nnc2n1CCOC2.I. The van der Waals surface area contributed by atoms with Gasteiger partial charge in [-0.1, -0.05) is 13.8 Å². The molecule has 1 unspecified atom stereocenters. The first-order valence-corrected chi connectivity index (χ1v) is 8.96. The summed E-state index contributed by atoms with van der Waals surface area (Å²) in [7, 11) is 0. The van der Waals surface area contributed by atoms with E-state index in [0.29, 0.717) is 18.6 Å². The highest BCUT2D eigenvalue weighted by molar-refractivity contribution is 14.0. The summed E-state index contributed by atoms with van der Waals surface area (Å²) in [5.41, 5.74) is 0. The van der Waals surface area contributed by atoms with Gasteiger partial charge in [0.1, 0.15) is 18.3 Å². The maximum absolute atomic E-state index is 5.46. The van der Waals surface area contributed by atoms with E-state index in [-0.39, 0.29) is 24.0 Å². The molecule has 0 bridgehead atoms. The first kappa shape index (κ1) is 18.8. The van der Waals surface area contributed by atoms with Crippen LogP contribution in [0.5, 0.6) is 0 Å². The average molecular weight is 458 g/mol. The number of nitrogens with zero attached hydrogens (tertiary/aromatic N) is 6. The normalized spacial score (nSPS) is 20.7. The molecule has 0 aromatic carbocycles. The molecule has 2 aliphatic heterocycles. The second kappa shape index (κ2) is 8.13. The zero-order valence-corrected chi connectivity index (χ0v) is 17.3. The van der Waals surface area contributed by atoms with Gasteiger partial charge < -0.3 is 13.9 Å².